The number of rotatable bonds is 5. The molecule has 0 aromatic heterocycles. The number of hydrogen-bond donors (Lipinski definition) is 2. The summed E-state index contributed by atoms with van der Waals surface area (Å²) >= 11 is 6.14. The first-order valence-electron chi connectivity index (χ1n) is 8.88. The second kappa shape index (κ2) is 8.50. The molecule has 0 spiro atoms. The summed E-state index contributed by atoms with van der Waals surface area (Å²) in [5.41, 5.74) is 5.96. The molecule has 2 aromatic carbocycles. The van der Waals surface area contributed by atoms with E-state index in [1.807, 2.05) is 7.05 Å². The molecule has 1 fully saturated rings. The summed E-state index contributed by atoms with van der Waals surface area (Å²) in [6.07, 6.45) is 0. The summed E-state index contributed by atoms with van der Waals surface area (Å²) in [7, 11) is -1.79. The Hall–Kier alpha value is -2.46. The number of piperazine rings is 1. The highest BCUT2D eigenvalue weighted by molar-refractivity contribution is 7.89. The molecule has 0 atom stereocenters. The first-order chi connectivity index (χ1) is 13.7. The molecule has 154 valence electrons. The minimum absolute atomic E-state index is 0.0145. The monoisotopic (exact) mass is 436 g/mol. The van der Waals surface area contributed by atoms with Gasteiger partial charge in [0.1, 0.15) is 0 Å². The summed E-state index contributed by atoms with van der Waals surface area (Å²) in [5, 5.41) is 2.77. The number of carbonyl (C=O) groups excluding carboxylic acids is 2. The summed E-state index contributed by atoms with van der Waals surface area (Å²) in [6, 6.07) is 10.1. The molecule has 10 heteroatoms. The number of hydrogen-bond acceptors (Lipinski definition) is 5. The van der Waals surface area contributed by atoms with E-state index in [4.69, 9.17) is 17.3 Å². The van der Waals surface area contributed by atoms with Gasteiger partial charge in [0.05, 0.1) is 15.5 Å². The first-order valence-corrected chi connectivity index (χ1v) is 10.7. The van der Waals surface area contributed by atoms with Gasteiger partial charge in [-0.1, -0.05) is 11.6 Å². The van der Waals surface area contributed by atoms with Crippen molar-refractivity contribution in [3.8, 4) is 0 Å². The van der Waals surface area contributed by atoms with Crippen molar-refractivity contribution in [3.05, 3.63) is 58.6 Å². The van der Waals surface area contributed by atoms with E-state index in [1.165, 1.54) is 46.8 Å². The molecule has 2 amide bonds. The van der Waals surface area contributed by atoms with Gasteiger partial charge in [0, 0.05) is 37.4 Å². The average molecular weight is 437 g/mol. The van der Waals surface area contributed by atoms with Gasteiger partial charge in [0.15, 0.2) is 0 Å². The van der Waals surface area contributed by atoms with Crippen LogP contribution in [0.3, 0.4) is 0 Å². The Balaban J connectivity index is 1.82. The molecule has 0 saturated carbocycles. The molecule has 0 radical (unpaired) electrons. The lowest BCUT2D eigenvalue weighted by atomic mass is 10.1. The third-order valence-corrected chi connectivity index (χ3v) is 6.93. The zero-order valence-electron chi connectivity index (χ0n) is 15.8. The minimum atomic E-state index is -3.73. The zero-order valence-corrected chi connectivity index (χ0v) is 17.3. The van der Waals surface area contributed by atoms with Crippen LogP contribution in [0.4, 0.5) is 5.69 Å². The van der Waals surface area contributed by atoms with Crippen molar-refractivity contribution in [1.29, 1.82) is 0 Å². The number of nitrogens with two attached hydrogens (primary N) is 1. The molecular weight excluding hydrogens is 416 g/mol. The van der Waals surface area contributed by atoms with Crippen molar-refractivity contribution in [2.45, 2.75) is 4.90 Å². The Morgan fingerprint density at radius 3 is 2.24 bits per heavy atom. The number of benzene rings is 2. The summed E-state index contributed by atoms with van der Waals surface area (Å²) < 4.78 is 27.3. The van der Waals surface area contributed by atoms with Gasteiger partial charge in [-0.25, -0.2) is 8.42 Å². The number of nitrogens with zero attached hydrogens (tertiary/aromatic N) is 2. The highest BCUT2D eigenvalue weighted by atomic mass is 35.5. The van der Waals surface area contributed by atoms with Crippen molar-refractivity contribution >= 4 is 39.1 Å². The number of sulfonamides is 1. The lowest BCUT2D eigenvalue weighted by Crippen LogP contribution is -2.47. The summed E-state index contributed by atoms with van der Waals surface area (Å²) in [5.74, 6) is -1.13. The van der Waals surface area contributed by atoms with Gasteiger partial charge in [-0.05, 0) is 49.5 Å². The quantitative estimate of drug-likeness (QED) is 0.739. The molecule has 3 rings (SSSR count). The normalized spacial score (nSPS) is 15.8. The fraction of sp³-hybridized carbons (Fsp3) is 0.263. The third kappa shape index (κ3) is 4.76. The number of primary amides is 1. The molecule has 1 aliphatic heterocycles. The topological polar surface area (TPSA) is 113 Å². The smallest absolute Gasteiger partial charge is 0.257 e. The van der Waals surface area contributed by atoms with E-state index in [1.54, 1.807) is 0 Å². The van der Waals surface area contributed by atoms with Crippen LogP contribution in [0.2, 0.25) is 5.02 Å². The number of nitrogens with one attached hydrogen (secondary N) is 1. The van der Waals surface area contributed by atoms with E-state index in [2.05, 4.69) is 10.2 Å². The fourth-order valence-corrected chi connectivity index (χ4v) is 4.58. The highest BCUT2D eigenvalue weighted by Crippen LogP contribution is 2.25. The lowest BCUT2D eigenvalue weighted by molar-refractivity contribution is 0.0998. The van der Waals surface area contributed by atoms with Gasteiger partial charge in [-0.3, -0.25) is 9.59 Å². The van der Waals surface area contributed by atoms with Crippen molar-refractivity contribution < 1.29 is 18.0 Å². The van der Waals surface area contributed by atoms with E-state index in [0.717, 1.165) is 0 Å². The van der Waals surface area contributed by atoms with E-state index >= 15 is 0 Å². The van der Waals surface area contributed by atoms with E-state index in [-0.39, 0.29) is 15.5 Å². The Morgan fingerprint density at radius 2 is 1.66 bits per heavy atom. The number of carbonyl (C=O) groups is 2. The number of halogens is 1. The van der Waals surface area contributed by atoms with Gasteiger partial charge >= 0.3 is 0 Å². The Bertz CT molecular complexity index is 1030. The highest BCUT2D eigenvalue weighted by Gasteiger charge is 2.28. The van der Waals surface area contributed by atoms with Crippen LogP contribution in [-0.2, 0) is 10.0 Å². The van der Waals surface area contributed by atoms with Crippen LogP contribution in [0.25, 0.3) is 0 Å². The summed E-state index contributed by atoms with van der Waals surface area (Å²) in [6.45, 7) is 2.05. The Morgan fingerprint density at radius 1 is 1.03 bits per heavy atom. The molecule has 29 heavy (non-hydrogen) atoms. The SMILES string of the molecule is CN1CCN(S(=O)(=O)c2ccc(Cl)c(C(=O)Nc3ccc(C(N)=O)cc3)c2)CC1. The van der Waals surface area contributed by atoms with Crippen molar-refractivity contribution in [2.24, 2.45) is 5.73 Å². The summed E-state index contributed by atoms with van der Waals surface area (Å²) in [4.78, 5) is 25.9. The first kappa shape index (κ1) is 21.3. The Kier molecular flexibility index (Phi) is 6.23. The van der Waals surface area contributed by atoms with Crippen LogP contribution in [-0.4, -0.2) is 62.7 Å². The molecule has 0 aliphatic carbocycles. The van der Waals surface area contributed by atoms with Crippen LogP contribution in [0.15, 0.2) is 47.4 Å². The van der Waals surface area contributed by atoms with Crippen LogP contribution < -0.4 is 11.1 Å². The second-order valence-electron chi connectivity index (χ2n) is 6.74. The van der Waals surface area contributed by atoms with Gasteiger partial charge in [-0.15, -0.1) is 0 Å². The van der Waals surface area contributed by atoms with Crippen LogP contribution in [0.1, 0.15) is 20.7 Å². The van der Waals surface area contributed by atoms with Crippen molar-refractivity contribution in [1.82, 2.24) is 9.21 Å². The number of amides is 2. The third-order valence-electron chi connectivity index (χ3n) is 4.71. The van der Waals surface area contributed by atoms with Crippen LogP contribution in [0, 0.1) is 0 Å². The predicted molar refractivity (Wildman–Crippen MR) is 111 cm³/mol. The molecule has 3 N–H and O–H groups in total. The van der Waals surface area contributed by atoms with Crippen molar-refractivity contribution in [3.63, 3.8) is 0 Å². The standard InChI is InChI=1S/C19H21ClN4O4S/c1-23-8-10-24(11-9-23)29(27,28)15-6-7-17(20)16(12-15)19(26)22-14-4-2-13(3-5-14)18(21)25/h2-7,12H,8-11H2,1H3,(H2,21,25)(H,22,26). The maximum absolute atomic E-state index is 12.9. The minimum Gasteiger partial charge on any atom is -0.366 e. The Labute approximate surface area is 174 Å². The molecule has 8 nitrogen and oxygen atoms in total. The number of likely N-dealkylation sites (N-methyl/N-ethyl adjacent to an activating group) is 1. The average Bonchev–Trinajstić information content (AvgIpc) is 2.68. The van der Waals surface area contributed by atoms with Gasteiger partial charge < -0.3 is 16.0 Å². The predicted octanol–water partition coefficient (Wildman–Crippen LogP) is 1.63. The van der Waals surface area contributed by atoms with Gasteiger partial charge in [-0.2, -0.15) is 4.31 Å². The molecule has 0 bridgehead atoms. The molecule has 2 aromatic rings. The van der Waals surface area contributed by atoms with E-state index < -0.39 is 21.8 Å². The van der Waals surface area contributed by atoms with Crippen molar-refractivity contribution in [2.75, 3.05) is 38.5 Å². The van der Waals surface area contributed by atoms with Crippen LogP contribution in [0.5, 0.6) is 0 Å². The molecule has 1 saturated heterocycles. The lowest BCUT2D eigenvalue weighted by Gasteiger charge is -2.31. The molecule has 0 unspecified atom stereocenters. The molecular formula is C19H21ClN4O4S. The van der Waals surface area contributed by atoms with E-state index in [9.17, 15) is 18.0 Å². The maximum Gasteiger partial charge on any atom is 0.257 e. The van der Waals surface area contributed by atoms with E-state index in [0.29, 0.717) is 37.4 Å². The largest absolute Gasteiger partial charge is 0.366 e. The van der Waals surface area contributed by atoms with Crippen LogP contribution >= 0.6 is 11.6 Å². The fourth-order valence-electron chi connectivity index (χ4n) is 2.93. The second-order valence-corrected chi connectivity index (χ2v) is 9.09. The number of anilines is 1. The molecule has 1 aliphatic rings. The zero-order chi connectivity index (χ0) is 21.2. The van der Waals surface area contributed by atoms with Gasteiger partial charge in [0.25, 0.3) is 5.91 Å². The van der Waals surface area contributed by atoms with Gasteiger partial charge in [0.2, 0.25) is 15.9 Å². The molecule has 1 heterocycles. The maximum atomic E-state index is 12.9.